The molecule has 0 fully saturated rings. The molecule has 0 atom stereocenters. The molecule has 0 unspecified atom stereocenters. The Morgan fingerprint density at radius 3 is 2.47 bits per heavy atom. The number of rotatable bonds is 3. The summed E-state index contributed by atoms with van der Waals surface area (Å²) in [6, 6.07) is 4.18. The molecule has 0 aliphatic heterocycles. The van der Waals surface area contributed by atoms with Gasteiger partial charge in [0.05, 0.1) is 4.90 Å². The van der Waals surface area contributed by atoms with Gasteiger partial charge in [-0.15, -0.1) is 0 Å². The van der Waals surface area contributed by atoms with Crippen LogP contribution in [-0.2, 0) is 10.0 Å². The first-order valence-corrected chi connectivity index (χ1v) is 6.07. The minimum absolute atomic E-state index is 0.00267. The molecule has 3 N–H and O–H groups in total. The van der Waals surface area contributed by atoms with Crippen LogP contribution in [0.5, 0.6) is 0 Å². The number of nitrogens with one attached hydrogen (secondary N) is 1. The predicted molar refractivity (Wildman–Crippen MR) is 61.5 cm³/mol. The van der Waals surface area contributed by atoms with Crippen molar-refractivity contribution in [2.24, 2.45) is 0 Å². The molecule has 0 aliphatic carbocycles. The van der Waals surface area contributed by atoms with Gasteiger partial charge in [-0.1, -0.05) is 0 Å². The van der Waals surface area contributed by atoms with Crippen LogP contribution in [0.2, 0.25) is 0 Å². The maximum atomic E-state index is 11.9. The molecule has 0 bridgehead atoms. The molecule has 2 heterocycles. The summed E-state index contributed by atoms with van der Waals surface area (Å²) in [4.78, 5) is 11.3. The van der Waals surface area contributed by atoms with Crippen LogP contribution < -0.4 is 10.5 Å². The number of nitrogens with zero attached hydrogens (tertiary/aromatic N) is 3. The molecule has 0 radical (unpaired) electrons. The van der Waals surface area contributed by atoms with E-state index in [4.69, 9.17) is 5.73 Å². The molecule has 17 heavy (non-hydrogen) atoms. The van der Waals surface area contributed by atoms with Gasteiger partial charge in [-0.3, -0.25) is 0 Å². The zero-order valence-electron chi connectivity index (χ0n) is 8.61. The lowest BCUT2D eigenvalue weighted by atomic mass is 10.5. The average Bonchev–Trinajstić information content (AvgIpc) is 2.30. The number of nitrogen functional groups attached to an aromatic ring is 1. The molecule has 0 aromatic carbocycles. The molecular formula is C9H9N5O2S. The van der Waals surface area contributed by atoms with Crippen LogP contribution >= 0.6 is 0 Å². The molecular weight excluding hydrogens is 242 g/mol. The number of anilines is 2. The molecule has 0 spiro atoms. The molecule has 0 saturated carbocycles. The summed E-state index contributed by atoms with van der Waals surface area (Å²) >= 11 is 0. The zero-order chi connectivity index (χ0) is 12.3. The Kier molecular flexibility index (Phi) is 2.88. The third-order valence-corrected chi connectivity index (χ3v) is 3.18. The second-order valence-corrected chi connectivity index (χ2v) is 4.78. The first kappa shape index (κ1) is 11.3. The summed E-state index contributed by atoms with van der Waals surface area (Å²) in [7, 11) is -3.73. The van der Waals surface area contributed by atoms with Crippen LogP contribution in [0, 0.1) is 0 Å². The summed E-state index contributed by atoms with van der Waals surface area (Å²) in [6.07, 6.45) is 4.19. The van der Waals surface area contributed by atoms with Gasteiger partial charge in [0.25, 0.3) is 10.0 Å². The van der Waals surface area contributed by atoms with E-state index in [0.717, 1.165) is 0 Å². The molecule has 88 valence electrons. The van der Waals surface area contributed by atoms with Gasteiger partial charge in [0.1, 0.15) is 5.82 Å². The largest absolute Gasteiger partial charge is 0.384 e. The van der Waals surface area contributed by atoms with E-state index in [1.807, 2.05) is 0 Å². The highest BCUT2D eigenvalue weighted by atomic mass is 32.2. The fourth-order valence-electron chi connectivity index (χ4n) is 1.13. The maximum absolute atomic E-state index is 11.9. The van der Waals surface area contributed by atoms with Crippen molar-refractivity contribution >= 4 is 21.8 Å². The summed E-state index contributed by atoms with van der Waals surface area (Å²) in [5, 5.41) is 0. The highest BCUT2D eigenvalue weighted by Gasteiger charge is 2.15. The SMILES string of the molecule is Nc1cc(S(=O)(=O)Nc2ncccn2)ccn1. The van der Waals surface area contributed by atoms with E-state index >= 15 is 0 Å². The molecule has 0 aliphatic rings. The fraction of sp³-hybridized carbons (Fsp3) is 0. The summed E-state index contributed by atoms with van der Waals surface area (Å²) in [6.45, 7) is 0. The molecule has 0 amide bonds. The third kappa shape index (κ3) is 2.67. The Hall–Kier alpha value is -2.22. The Balaban J connectivity index is 2.32. The fourth-order valence-corrected chi connectivity index (χ4v) is 2.11. The van der Waals surface area contributed by atoms with Crippen LogP contribution in [0.4, 0.5) is 11.8 Å². The lowest BCUT2D eigenvalue weighted by molar-refractivity contribution is 0.600. The first-order valence-electron chi connectivity index (χ1n) is 4.59. The Bertz CT molecular complexity index is 614. The minimum Gasteiger partial charge on any atom is -0.384 e. The highest BCUT2D eigenvalue weighted by Crippen LogP contribution is 2.13. The topological polar surface area (TPSA) is 111 Å². The van der Waals surface area contributed by atoms with Crippen LogP contribution in [0.25, 0.3) is 0 Å². The Morgan fingerprint density at radius 2 is 1.82 bits per heavy atom. The van der Waals surface area contributed by atoms with Gasteiger partial charge in [-0.2, -0.15) is 0 Å². The van der Waals surface area contributed by atoms with E-state index in [2.05, 4.69) is 19.7 Å². The van der Waals surface area contributed by atoms with Crippen molar-refractivity contribution in [2.75, 3.05) is 10.5 Å². The summed E-state index contributed by atoms with van der Waals surface area (Å²) in [5.41, 5.74) is 5.41. The molecule has 8 heteroatoms. The molecule has 2 aromatic rings. The van der Waals surface area contributed by atoms with Crippen molar-refractivity contribution in [1.82, 2.24) is 15.0 Å². The van der Waals surface area contributed by atoms with Gasteiger partial charge in [-0.25, -0.2) is 28.1 Å². The summed E-state index contributed by atoms with van der Waals surface area (Å²) < 4.78 is 26.0. The van der Waals surface area contributed by atoms with E-state index in [0.29, 0.717) is 0 Å². The van der Waals surface area contributed by atoms with E-state index in [9.17, 15) is 8.42 Å². The number of aromatic nitrogens is 3. The zero-order valence-corrected chi connectivity index (χ0v) is 9.42. The monoisotopic (exact) mass is 251 g/mol. The number of pyridine rings is 1. The van der Waals surface area contributed by atoms with Crippen molar-refractivity contribution in [3.8, 4) is 0 Å². The minimum atomic E-state index is -3.73. The number of sulfonamides is 1. The van der Waals surface area contributed by atoms with Gasteiger partial charge in [0.2, 0.25) is 5.95 Å². The van der Waals surface area contributed by atoms with E-state index < -0.39 is 10.0 Å². The quantitative estimate of drug-likeness (QED) is 0.809. The van der Waals surface area contributed by atoms with Gasteiger partial charge in [0, 0.05) is 24.7 Å². The van der Waals surface area contributed by atoms with Gasteiger partial charge < -0.3 is 5.73 Å². The van der Waals surface area contributed by atoms with E-state index in [1.54, 1.807) is 6.07 Å². The number of hydrogen-bond acceptors (Lipinski definition) is 6. The molecule has 0 saturated heterocycles. The van der Waals surface area contributed by atoms with Gasteiger partial charge in [-0.05, 0) is 12.1 Å². The van der Waals surface area contributed by atoms with Crippen LogP contribution in [-0.4, -0.2) is 23.4 Å². The van der Waals surface area contributed by atoms with Crippen molar-refractivity contribution < 1.29 is 8.42 Å². The first-order chi connectivity index (χ1) is 8.08. The average molecular weight is 251 g/mol. The normalized spacial score (nSPS) is 11.1. The van der Waals surface area contributed by atoms with E-state index in [-0.39, 0.29) is 16.7 Å². The van der Waals surface area contributed by atoms with Crippen molar-refractivity contribution in [3.05, 3.63) is 36.8 Å². The molecule has 2 aromatic heterocycles. The predicted octanol–water partition coefficient (Wildman–Crippen LogP) is 0.255. The van der Waals surface area contributed by atoms with Gasteiger partial charge >= 0.3 is 0 Å². The number of hydrogen-bond donors (Lipinski definition) is 2. The second kappa shape index (κ2) is 4.34. The lowest BCUT2D eigenvalue weighted by Gasteiger charge is -2.05. The number of nitrogens with two attached hydrogens (primary N) is 1. The Morgan fingerprint density at radius 1 is 1.12 bits per heavy atom. The maximum Gasteiger partial charge on any atom is 0.264 e. The van der Waals surface area contributed by atoms with Crippen LogP contribution in [0.3, 0.4) is 0 Å². The van der Waals surface area contributed by atoms with Crippen LogP contribution in [0.15, 0.2) is 41.7 Å². The second-order valence-electron chi connectivity index (χ2n) is 3.09. The highest BCUT2D eigenvalue weighted by molar-refractivity contribution is 7.92. The van der Waals surface area contributed by atoms with Crippen molar-refractivity contribution in [2.45, 2.75) is 4.90 Å². The molecule has 2 rings (SSSR count). The molecule has 7 nitrogen and oxygen atoms in total. The Labute approximate surface area is 97.8 Å². The van der Waals surface area contributed by atoms with Crippen molar-refractivity contribution in [3.63, 3.8) is 0 Å². The van der Waals surface area contributed by atoms with Crippen LogP contribution in [0.1, 0.15) is 0 Å². The van der Waals surface area contributed by atoms with E-state index in [1.165, 1.54) is 30.7 Å². The third-order valence-electron chi connectivity index (χ3n) is 1.85. The van der Waals surface area contributed by atoms with Gasteiger partial charge in [0.15, 0.2) is 0 Å². The smallest absolute Gasteiger partial charge is 0.264 e. The standard InChI is InChI=1S/C9H9N5O2S/c10-8-6-7(2-5-11-8)17(15,16)14-9-12-3-1-4-13-9/h1-6H,(H2,10,11)(H,12,13,14). The summed E-state index contributed by atoms with van der Waals surface area (Å²) in [5.74, 6) is 0.129. The lowest BCUT2D eigenvalue weighted by Crippen LogP contribution is -2.15. The van der Waals surface area contributed by atoms with Crippen molar-refractivity contribution in [1.29, 1.82) is 0 Å².